The molecule has 32 heavy (non-hydrogen) atoms. The minimum Gasteiger partial charge on any atom is -0.318 e. The summed E-state index contributed by atoms with van der Waals surface area (Å²) < 4.78 is 1.96. The molecule has 162 valence electrons. The van der Waals surface area contributed by atoms with Crippen molar-refractivity contribution in [2.45, 2.75) is 27.3 Å². The Morgan fingerprint density at radius 3 is 2.28 bits per heavy atom. The zero-order valence-corrected chi connectivity index (χ0v) is 18.7. The van der Waals surface area contributed by atoms with E-state index in [-0.39, 0.29) is 23.4 Å². The number of hydrogen-bond acceptors (Lipinski definition) is 5. The fraction of sp³-hybridized carbons (Fsp3) is 0.167. The molecular weight excluding hydrogens is 426 g/mol. The average molecular weight is 448 g/mol. The van der Waals surface area contributed by atoms with Gasteiger partial charge in [-0.05, 0) is 67.9 Å². The van der Waals surface area contributed by atoms with Crippen LogP contribution in [0.25, 0.3) is 11.8 Å². The van der Waals surface area contributed by atoms with Crippen molar-refractivity contribution in [1.29, 1.82) is 0 Å². The van der Waals surface area contributed by atoms with Crippen LogP contribution in [0.4, 0.5) is 10.5 Å². The van der Waals surface area contributed by atoms with E-state index >= 15 is 0 Å². The Labute approximate surface area is 189 Å². The normalized spacial score (nSPS) is 15.1. The van der Waals surface area contributed by atoms with Crippen molar-refractivity contribution in [3.63, 3.8) is 0 Å². The summed E-state index contributed by atoms with van der Waals surface area (Å²) in [5, 5.41) is 10.6. The largest absolute Gasteiger partial charge is 0.318 e. The second-order valence-corrected chi connectivity index (χ2v) is 8.68. The van der Waals surface area contributed by atoms with E-state index in [1.165, 1.54) is 17.0 Å². The van der Waals surface area contributed by atoms with Crippen LogP contribution in [0, 0.1) is 30.9 Å². The van der Waals surface area contributed by atoms with Crippen LogP contribution in [-0.4, -0.2) is 25.5 Å². The van der Waals surface area contributed by atoms with Gasteiger partial charge in [0.25, 0.3) is 16.8 Å². The minimum atomic E-state index is -0.433. The molecule has 1 fully saturated rings. The summed E-state index contributed by atoms with van der Waals surface area (Å²) in [5.41, 5.74) is 5.45. The van der Waals surface area contributed by atoms with Gasteiger partial charge >= 0.3 is 0 Å². The summed E-state index contributed by atoms with van der Waals surface area (Å²) in [4.78, 5) is 37.5. The SMILES string of the molecule is Cc1ccc(CN2C(=O)S/C(=C\c3cc(C)n(-c4ccc([N+](=O)[O-])cc4)c3C)C2=O)cc1. The first kappa shape index (κ1) is 21.6. The third-order valence-corrected chi connectivity index (χ3v) is 6.32. The van der Waals surface area contributed by atoms with Crippen LogP contribution in [-0.2, 0) is 11.3 Å². The summed E-state index contributed by atoms with van der Waals surface area (Å²) >= 11 is 0.938. The van der Waals surface area contributed by atoms with E-state index < -0.39 is 4.92 Å². The van der Waals surface area contributed by atoms with Gasteiger partial charge in [-0.25, -0.2) is 0 Å². The Kier molecular flexibility index (Phi) is 5.71. The van der Waals surface area contributed by atoms with Crippen molar-refractivity contribution in [3.8, 4) is 5.69 Å². The van der Waals surface area contributed by atoms with Crippen molar-refractivity contribution in [2.24, 2.45) is 0 Å². The third kappa shape index (κ3) is 4.09. The van der Waals surface area contributed by atoms with Crippen LogP contribution < -0.4 is 0 Å². The van der Waals surface area contributed by atoms with Gasteiger partial charge in [0, 0.05) is 29.2 Å². The topological polar surface area (TPSA) is 85.4 Å². The number of carbonyl (C=O) groups is 2. The first-order chi connectivity index (χ1) is 15.2. The van der Waals surface area contributed by atoms with E-state index in [4.69, 9.17) is 0 Å². The van der Waals surface area contributed by atoms with Crippen molar-refractivity contribution >= 4 is 34.7 Å². The second-order valence-electron chi connectivity index (χ2n) is 7.69. The molecule has 1 aliphatic heterocycles. The first-order valence-electron chi connectivity index (χ1n) is 9.99. The standard InChI is InChI=1S/C24H21N3O4S/c1-15-4-6-18(7-5-15)14-25-23(28)22(32-24(25)29)13-19-12-16(2)26(17(19)3)20-8-10-21(11-9-20)27(30)31/h4-13H,14H2,1-3H3/b22-13-. The molecule has 1 aromatic heterocycles. The molecule has 7 nitrogen and oxygen atoms in total. The minimum absolute atomic E-state index is 0.0266. The third-order valence-electron chi connectivity index (χ3n) is 5.41. The van der Waals surface area contributed by atoms with Crippen LogP contribution in [0.1, 0.15) is 28.1 Å². The van der Waals surface area contributed by atoms with Crippen LogP contribution in [0.2, 0.25) is 0 Å². The van der Waals surface area contributed by atoms with E-state index in [9.17, 15) is 19.7 Å². The predicted molar refractivity (Wildman–Crippen MR) is 125 cm³/mol. The Morgan fingerprint density at radius 2 is 1.66 bits per heavy atom. The average Bonchev–Trinajstić information content (AvgIpc) is 3.19. The molecule has 2 amide bonds. The number of aryl methyl sites for hydroxylation is 2. The van der Waals surface area contributed by atoms with Crippen molar-refractivity contribution in [1.82, 2.24) is 9.47 Å². The van der Waals surface area contributed by atoms with E-state index in [2.05, 4.69) is 0 Å². The molecule has 0 radical (unpaired) electrons. The Hall–Kier alpha value is -3.65. The van der Waals surface area contributed by atoms with Crippen LogP contribution in [0.3, 0.4) is 0 Å². The number of hydrogen-bond donors (Lipinski definition) is 0. The van der Waals surface area contributed by atoms with Gasteiger partial charge in [-0.2, -0.15) is 0 Å². The summed E-state index contributed by atoms with van der Waals surface area (Å²) in [6.07, 6.45) is 1.74. The first-order valence-corrected chi connectivity index (χ1v) is 10.8. The fourth-order valence-corrected chi connectivity index (χ4v) is 4.54. The van der Waals surface area contributed by atoms with Crippen LogP contribution in [0.15, 0.2) is 59.5 Å². The Morgan fingerprint density at radius 1 is 1.00 bits per heavy atom. The lowest BCUT2D eigenvalue weighted by molar-refractivity contribution is -0.384. The molecule has 0 N–H and O–H groups in total. The van der Waals surface area contributed by atoms with Crippen molar-refractivity contribution < 1.29 is 14.5 Å². The van der Waals surface area contributed by atoms with E-state index in [1.54, 1.807) is 18.2 Å². The molecule has 0 bridgehead atoms. The zero-order valence-electron chi connectivity index (χ0n) is 17.9. The molecule has 2 aromatic carbocycles. The number of aromatic nitrogens is 1. The van der Waals surface area contributed by atoms with E-state index in [0.29, 0.717) is 4.91 Å². The summed E-state index contributed by atoms with van der Waals surface area (Å²) in [6, 6.07) is 16.0. The molecule has 8 heteroatoms. The number of carbonyl (C=O) groups excluding carboxylic acids is 2. The van der Waals surface area contributed by atoms with Gasteiger partial charge in [0.1, 0.15) is 0 Å². The summed E-state index contributed by atoms with van der Waals surface area (Å²) in [7, 11) is 0. The lowest BCUT2D eigenvalue weighted by Gasteiger charge is -2.12. The van der Waals surface area contributed by atoms with Gasteiger partial charge in [0.05, 0.1) is 16.4 Å². The molecule has 0 spiro atoms. The summed E-state index contributed by atoms with van der Waals surface area (Å²) in [5.74, 6) is -0.305. The quantitative estimate of drug-likeness (QED) is 0.291. The smallest absolute Gasteiger partial charge is 0.293 e. The molecule has 0 unspecified atom stereocenters. The molecule has 2 heterocycles. The van der Waals surface area contributed by atoms with Gasteiger partial charge in [-0.1, -0.05) is 29.8 Å². The fourth-order valence-electron chi connectivity index (χ4n) is 3.71. The van der Waals surface area contributed by atoms with Crippen LogP contribution in [0.5, 0.6) is 0 Å². The lowest BCUT2D eigenvalue weighted by atomic mass is 10.1. The van der Waals surface area contributed by atoms with E-state index in [1.807, 2.05) is 55.7 Å². The van der Waals surface area contributed by atoms with Gasteiger partial charge in [0.2, 0.25) is 0 Å². The number of thioether (sulfide) groups is 1. The predicted octanol–water partition coefficient (Wildman–Crippen LogP) is 5.55. The molecule has 0 saturated carbocycles. The number of nitro groups is 1. The molecule has 3 aromatic rings. The van der Waals surface area contributed by atoms with Gasteiger partial charge in [-0.3, -0.25) is 24.6 Å². The van der Waals surface area contributed by atoms with Gasteiger partial charge in [0.15, 0.2) is 0 Å². The molecule has 4 rings (SSSR count). The Balaban J connectivity index is 1.61. The number of amides is 2. The van der Waals surface area contributed by atoms with Crippen LogP contribution >= 0.6 is 11.8 Å². The molecular formula is C24H21N3O4S. The second kappa shape index (κ2) is 8.47. The molecule has 0 aliphatic carbocycles. The number of non-ortho nitro benzene ring substituents is 1. The highest BCUT2D eigenvalue weighted by molar-refractivity contribution is 8.18. The maximum atomic E-state index is 12.9. The number of nitro benzene ring substituents is 1. The highest BCUT2D eigenvalue weighted by Crippen LogP contribution is 2.34. The monoisotopic (exact) mass is 447 g/mol. The number of benzene rings is 2. The molecule has 0 atom stereocenters. The highest BCUT2D eigenvalue weighted by atomic mass is 32.2. The molecule has 1 saturated heterocycles. The Bertz CT molecular complexity index is 1260. The lowest BCUT2D eigenvalue weighted by Crippen LogP contribution is -2.27. The van der Waals surface area contributed by atoms with Crippen molar-refractivity contribution in [2.75, 3.05) is 0 Å². The summed E-state index contributed by atoms with van der Waals surface area (Å²) in [6.45, 7) is 6.07. The number of imide groups is 1. The zero-order chi connectivity index (χ0) is 23.0. The van der Waals surface area contributed by atoms with E-state index in [0.717, 1.165) is 45.5 Å². The highest BCUT2D eigenvalue weighted by Gasteiger charge is 2.35. The number of rotatable bonds is 5. The van der Waals surface area contributed by atoms with Crippen molar-refractivity contribution in [3.05, 3.63) is 97.7 Å². The number of nitrogens with zero attached hydrogens (tertiary/aromatic N) is 3. The maximum absolute atomic E-state index is 12.9. The van der Waals surface area contributed by atoms with Gasteiger partial charge < -0.3 is 4.57 Å². The molecule has 1 aliphatic rings. The maximum Gasteiger partial charge on any atom is 0.293 e. The van der Waals surface area contributed by atoms with Gasteiger partial charge in [-0.15, -0.1) is 0 Å².